The standard InChI is InChI=1S/C16H31NO6P2/c1-13(2)7-5-8-14(3)9-6-10-15(4)11-12-17-16(24(18,19)20)25(21,22)23/h7,9,11,16-17H,5-6,8,10,12H2,1-4H3,(H2,18,19,20)(H2,21,22,23)/b14-9+,15-11+. The van der Waals surface area contributed by atoms with Gasteiger partial charge in [0.25, 0.3) is 0 Å². The van der Waals surface area contributed by atoms with E-state index in [0.717, 1.165) is 31.3 Å². The van der Waals surface area contributed by atoms with Crippen LogP contribution in [-0.2, 0) is 9.13 Å². The maximum Gasteiger partial charge on any atom is 0.354 e. The second-order valence-electron chi connectivity index (χ2n) is 6.42. The van der Waals surface area contributed by atoms with Crippen molar-refractivity contribution in [2.75, 3.05) is 6.54 Å². The van der Waals surface area contributed by atoms with Crippen molar-refractivity contribution in [3.63, 3.8) is 0 Å². The summed E-state index contributed by atoms with van der Waals surface area (Å²) in [6, 6.07) is 0. The summed E-state index contributed by atoms with van der Waals surface area (Å²) in [7, 11) is -9.85. The first-order valence-corrected chi connectivity index (χ1v) is 11.5. The molecule has 0 aliphatic rings. The normalized spacial score (nSPS) is 14.1. The maximum atomic E-state index is 11.1. The fraction of sp³-hybridized carbons (Fsp3) is 0.625. The molecule has 0 aliphatic heterocycles. The third kappa shape index (κ3) is 12.5. The van der Waals surface area contributed by atoms with Crippen LogP contribution >= 0.6 is 15.2 Å². The van der Waals surface area contributed by atoms with Crippen LogP contribution in [0.2, 0.25) is 0 Å². The highest BCUT2D eigenvalue weighted by Gasteiger charge is 2.42. The van der Waals surface area contributed by atoms with Gasteiger partial charge in [-0.1, -0.05) is 34.9 Å². The quantitative estimate of drug-likeness (QED) is 0.267. The Labute approximate surface area is 150 Å². The van der Waals surface area contributed by atoms with Crippen LogP contribution in [-0.4, -0.2) is 31.6 Å². The minimum atomic E-state index is -4.93. The smallest absolute Gasteiger partial charge is 0.323 e. The van der Waals surface area contributed by atoms with Gasteiger partial charge in [-0.3, -0.25) is 14.4 Å². The summed E-state index contributed by atoms with van der Waals surface area (Å²) >= 11 is 0. The van der Waals surface area contributed by atoms with E-state index in [0.29, 0.717) is 0 Å². The Morgan fingerprint density at radius 1 is 0.840 bits per heavy atom. The molecule has 0 unspecified atom stereocenters. The van der Waals surface area contributed by atoms with E-state index in [-0.39, 0.29) is 6.54 Å². The van der Waals surface area contributed by atoms with Crippen LogP contribution in [0.3, 0.4) is 0 Å². The summed E-state index contributed by atoms with van der Waals surface area (Å²) in [6.07, 6.45) is 9.72. The van der Waals surface area contributed by atoms with Gasteiger partial charge in [0.05, 0.1) is 0 Å². The number of rotatable bonds is 11. The van der Waals surface area contributed by atoms with E-state index in [1.807, 2.05) is 6.92 Å². The second-order valence-corrected chi connectivity index (χ2v) is 10.2. The third-order valence-electron chi connectivity index (χ3n) is 3.51. The Hall–Kier alpha value is -0.520. The maximum absolute atomic E-state index is 11.1. The van der Waals surface area contributed by atoms with Gasteiger partial charge in [-0.15, -0.1) is 0 Å². The zero-order chi connectivity index (χ0) is 19.7. The predicted molar refractivity (Wildman–Crippen MR) is 101 cm³/mol. The van der Waals surface area contributed by atoms with Gasteiger partial charge in [0.1, 0.15) is 0 Å². The topological polar surface area (TPSA) is 127 Å². The van der Waals surface area contributed by atoms with E-state index < -0.39 is 20.7 Å². The molecule has 0 saturated heterocycles. The lowest BCUT2D eigenvalue weighted by Crippen LogP contribution is -2.29. The summed E-state index contributed by atoms with van der Waals surface area (Å²) in [4.78, 5) is 36.0. The summed E-state index contributed by atoms with van der Waals surface area (Å²) in [5, 5.41) is 2.24. The molecule has 0 amide bonds. The molecule has 0 bridgehead atoms. The van der Waals surface area contributed by atoms with Gasteiger partial charge < -0.3 is 19.6 Å². The molecule has 5 N–H and O–H groups in total. The SMILES string of the molecule is CC(C)=CCC/C(C)=C/CC/C(C)=C/CNC(P(=O)(O)O)P(=O)(O)O. The van der Waals surface area contributed by atoms with Crippen molar-refractivity contribution in [2.24, 2.45) is 0 Å². The average Bonchev–Trinajstić information content (AvgIpc) is 2.40. The highest BCUT2D eigenvalue weighted by atomic mass is 31.2. The highest BCUT2D eigenvalue weighted by molar-refractivity contribution is 7.70. The van der Waals surface area contributed by atoms with E-state index in [1.54, 1.807) is 6.08 Å². The van der Waals surface area contributed by atoms with Crippen LogP contribution in [0.15, 0.2) is 34.9 Å². The first-order chi connectivity index (χ1) is 11.3. The Balaban J connectivity index is 4.40. The molecule has 0 radical (unpaired) electrons. The van der Waals surface area contributed by atoms with Crippen LogP contribution in [0.1, 0.15) is 53.4 Å². The molecule has 0 aromatic carbocycles. The molecular formula is C16H31NO6P2. The number of hydrogen-bond donors (Lipinski definition) is 5. The van der Waals surface area contributed by atoms with Crippen molar-refractivity contribution in [1.29, 1.82) is 0 Å². The molecule has 146 valence electrons. The predicted octanol–water partition coefficient (Wildman–Crippen LogP) is 3.63. The molecule has 0 heterocycles. The number of allylic oxidation sites excluding steroid dienone is 5. The molecule has 9 heteroatoms. The first-order valence-electron chi connectivity index (χ1n) is 8.12. The van der Waals surface area contributed by atoms with E-state index in [1.165, 1.54) is 11.1 Å². The average molecular weight is 395 g/mol. The lowest BCUT2D eigenvalue weighted by Gasteiger charge is -2.20. The largest absolute Gasteiger partial charge is 0.354 e. The Bertz CT molecular complexity index is 574. The molecule has 0 saturated carbocycles. The first kappa shape index (κ1) is 24.5. The number of nitrogens with one attached hydrogen (secondary N) is 1. The summed E-state index contributed by atoms with van der Waals surface area (Å²) in [5.74, 6) is 0. The van der Waals surface area contributed by atoms with Gasteiger partial charge in [-0.05, 0) is 53.4 Å². The van der Waals surface area contributed by atoms with E-state index >= 15 is 0 Å². The van der Waals surface area contributed by atoms with Crippen LogP contribution < -0.4 is 5.32 Å². The fourth-order valence-corrected chi connectivity index (χ4v) is 4.37. The molecule has 0 aromatic rings. The monoisotopic (exact) mass is 395 g/mol. The molecule has 25 heavy (non-hydrogen) atoms. The van der Waals surface area contributed by atoms with Gasteiger partial charge in [0.2, 0.25) is 5.52 Å². The van der Waals surface area contributed by atoms with Crippen LogP contribution in [0, 0.1) is 0 Å². The Kier molecular flexibility index (Phi) is 11.0. The van der Waals surface area contributed by atoms with Gasteiger partial charge in [0.15, 0.2) is 0 Å². The van der Waals surface area contributed by atoms with Crippen molar-refractivity contribution in [3.05, 3.63) is 34.9 Å². The van der Waals surface area contributed by atoms with Gasteiger partial charge in [-0.25, -0.2) is 0 Å². The minimum Gasteiger partial charge on any atom is -0.323 e. The Morgan fingerprint density at radius 3 is 1.72 bits per heavy atom. The summed E-state index contributed by atoms with van der Waals surface area (Å²) < 4.78 is 22.3. The molecule has 7 nitrogen and oxygen atoms in total. The Morgan fingerprint density at radius 2 is 1.28 bits per heavy atom. The van der Waals surface area contributed by atoms with E-state index in [4.69, 9.17) is 19.6 Å². The van der Waals surface area contributed by atoms with Gasteiger partial charge >= 0.3 is 15.2 Å². The molecule has 0 fully saturated rings. The molecule has 0 rings (SSSR count). The van der Waals surface area contributed by atoms with Gasteiger partial charge in [-0.2, -0.15) is 0 Å². The molecule has 0 atom stereocenters. The minimum absolute atomic E-state index is 0.0179. The molecule has 0 aliphatic carbocycles. The van der Waals surface area contributed by atoms with Crippen LogP contribution in [0.25, 0.3) is 0 Å². The van der Waals surface area contributed by atoms with Crippen LogP contribution in [0.4, 0.5) is 0 Å². The highest BCUT2D eigenvalue weighted by Crippen LogP contribution is 2.58. The lowest BCUT2D eigenvalue weighted by atomic mass is 10.1. The van der Waals surface area contributed by atoms with Crippen molar-refractivity contribution in [3.8, 4) is 0 Å². The summed E-state index contributed by atoms with van der Waals surface area (Å²) in [5.41, 5.74) is 1.44. The van der Waals surface area contributed by atoms with Crippen molar-refractivity contribution in [2.45, 2.75) is 58.9 Å². The fourth-order valence-electron chi connectivity index (χ4n) is 2.11. The zero-order valence-electron chi connectivity index (χ0n) is 15.3. The van der Waals surface area contributed by atoms with E-state index in [2.05, 4.69) is 38.2 Å². The van der Waals surface area contributed by atoms with E-state index in [9.17, 15) is 9.13 Å². The van der Waals surface area contributed by atoms with Crippen LogP contribution in [0.5, 0.6) is 0 Å². The molecule has 0 spiro atoms. The van der Waals surface area contributed by atoms with Gasteiger partial charge in [0, 0.05) is 6.54 Å². The van der Waals surface area contributed by atoms with Crippen molar-refractivity contribution >= 4 is 15.2 Å². The lowest BCUT2D eigenvalue weighted by molar-refractivity contribution is 0.330. The molecule has 0 aromatic heterocycles. The zero-order valence-corrected chi connectivity index (χ0v) is 17.1. The van der Waals surface area contributed by atoms with Crippen molar-refractivity contribution in [1.82, 2.24) is 5.32 Å². The summed E-state index contributed by atoms with van der Waals surface area (Å²) in [6.45, 7) is 8.09. The second kappa shape index (κ2) is 11.2. The molecular weight excluding hydrogens is 364 g/mol. The number of hydrogen-bond acceptors (Lipinski definition) is 3. The van der Waals surface area contributed by atoms with Crippen molar-refractivity contribution < 1.29 is 28.7 Å². The third-order valence-corrected chi connectivity index (χ3v) is 6.96.